The van der Waals surface area contributed by atoms with Crippen LogP contribution in [0.5, 0.6) is 5.75 Å². The molecule has 0 bridgehead atoms. The van der Waals surface area contributed by atoms with E-state index in [9.17, 15) is 5.11 Å². The summed E-state index contributed by atoms with van der Waals surface area (Å²) in [5.41, 5.74) is 2.93. The second kappa shape index (κ2) is 7.76. The lowest BCUT2D eigenvalue weighted by Gasteiger charge is -2.47. The largest absolute Gasteiger partial charge is 0.506 e. The fourth-order valence-electron chi connectivity index (χ4n) is 4.76. The van der Waals surface area contributed by atoms with Crippen molar-refractivity contribution in [3.05, 3.63) is 51.7 Å². The molecule has 0 amide bonds. The first kappa shape index (κ1) is 19.7. The van der Waals surface area contributed by atoms with Crippen molar-refractivity contribution in [1.82, 2.24) is 24.9 Å². The van der Waals surface area contributed by atoms with E-state index in [1.807, 2.05) is 17.5 Å². The summed E-state index contributed by atoms with van der Waals surface area (Å²) in [5.74, 6) is 0.117. The van der Waals surface area contributed by atoms with Crippen LogP contribution >= 0.6 is 11.3 Å². The molecule has 30 heavy (non-hydrogen) atoms. The van der Waals surface area contributed by atoms with Gasteiger partial charge in [0.2, 0.25) is 0 Å². The molecule has 5 rings (SSSR count). The molecule has 0 saturated carbocycles. The molecule has 8 heteroatoms. The fraction of sp³-hybridized carbons (Fsp3) is 0.500. The number of rotatable bonds is 4. The zero-order valence-electron chi connectivity index (χ0n) is 17.4. The molecule has 158 valence electrons. The minimum atomic E-state index is -0.127. The molecular formula is C22H27N5O2S. The maximum absolute atomic E-state index is 9.64. The van der Waals surface area contributed by atoms with Crippen molar-refractivity contribution in [2.24, 2.45) is 0 Å². The Morgan fingerprint density at radius 3 is 3.03 bits per heavy atom. The van der Waals surface area contributed by atoms with Gasteiger partial charge in [0.05, 0.1) is 42.2 Å². The highest BCUT2D eigenvalue weighted by atomic mass is 32.1. The first-order valence-electron chi connectivity index (χ1n) is 10.6. The first-order chi connectivity index (χ1) is 14.6. The molecule has 0 aliphatic carbocycles. The molecule has 1 fully saturated rings. The number of aromatic nitrogens is 4. The number of hydrogen-bond acceptors (Lipinski definition) is 7. The van der Waals surface area contributed by atoms with E-state index in [1.165, 1.54) is 21.5 Å². The molecule has 2 aliphatic heterocycles. The quantitative estimate of drug-likeness (QED) is 0.690. The number of ether oxygens (including phenoxy) is 1. The van der Waals surface area contributed by atoms with Crippen LogP contribution in [0.25, 0.3) is 5.69 Å². The van der Waals surface area contributed by atoms with Crippen molar-refractivity contribution < 1.29 is 9.84 Å². The summed E-state index contributed by atoms with van der Waals surface area (Å²) in [6, 6.07) is 4.42. The monoisotopic (exact) mass is 425 g/mol. The van der Waals surface area contributed by atoms with Gasteiger partial charge in [-0.05, 0) is 37.8 Å². The molecule has 5 heterocycles. The highest BCUT2D eigenvalue weighted by Crippen LogP contribution is 2.46. The third-order valence-corrected chi connectivity index (χ3v) is 7.68. The third-order valence-electron chi connectivity index (χ3n) is 6.34. The van der Waals surface area contributed by atoms with Crippen LogP contribution in [-0.2, 0) is 29.7 Å². The van der Waals surface area contributed by atoms with Crippen LogP contribution in [-0.4, -0.2) is 49.2 Å². The Balaban J connectivity index is 1.30. The van der Waals surface area contributed by atoms with E-state index in [2.05, 4.69) is 40.1 Å². The lowest BCUT2D eigenvalue weighted by Crippen LogP contribution is -2.50. The van der Waals surface area contributed by atoms with Crippen LogP contribution in [0.2, 0.25) is 0 Å². The molecule has 2 aliphatic rings. The summed E-state index contributed by atoms with van der Waals surface area (Å²) in [4.78, 5) is 9.47. The van der Waals surface area contributed by atoms with Crippen LogP contribution in [0.3, 0.4) is 0 Å². The number of hydrogen-bond donors (Lipinski definition) is 1. The van der Waals surface area contributed by atoms with Crippen molar-refractivity contribution in [2.75, 3.05) is 13.2 Å². The Labute approximate surface area is 180 Å². The summed E-state index contributed by atoms with van der Waals surface area (Å²) in [5, 5.41) is 18.2. The highest BCUT2D eigenvalue weighted by molar-refractivity contribution is 7.12. The van der Waals surface area contributed by atoms with Crippen LogP contribution in [0.4, 0.5) is 0 Å². The van der Waals surface area contributed by atoms with E-state index in [0.29, 0.717) is 11.7 Å². The third kappa shape index (κ3) is 3.53. The number of aromatic hydroxyl groups is 1. The average Bonchev–Trinajstić information content (AvgIpc) is 3.38. The molecule has 0 radical (unpaired) electrons. The second-order valence-electron chi connectivity index (χ2n) is 8.33. The molecule has 2 atom stereocenters. The van der Waals surface area contributed by atoms with E-state index in [1.54, 1.807) is 16.9 Å². The lowest BCUT2D eigenvalue weighted by atomic mass is 9.79. The highest BCUT2D eigenvalue weighted by Gasteiger charge is 2.44. The summed E-state index contributed by atoms with van der Waals surface area (Å²) in [7, 11) is 0. The molecule has 0 aromatic carbocycles. The van der Waals surface area contributed by atoms with Gasteiger partial charge in [-0.2, -0.15) is 0 Å². The molecule has 7 nitrogen and oxygen atoms in total. The normalized spacial score (nSPS) is 24.3. The van der Waals surface area contributed by atoms with Crippen LogP contribution in [0.15, 0.2) is 30.7 Å². The Bertz CT molecular complexity index is 1050. The van der Waals surface area contributed by atoms with E-state index >= 15 is 0 Å². The zero-order chi connectivity index (χ0) is 20.7. The molecular weight excluding hydrogens is 398 g/mol. The molecule has 1 N–H and O–H groups in total. The molecule has 3 aromatic heterocycles. The number of fused-ring (bicyclic) bond motifs is 2. The minimum absolute atomic E-state index is 0.117. The molecule has 3 aromatic rings. The summed E-state index contributed by atoms with van der Waals surface area (Å²) < 4.78 is 8.11. The summed E-state index contributed by atoms with van der Waals surface area (Å²) >= 11 is 1.97. The van der Waals surface area contributed by atoms with Crippen molar-refractivity contribution in [3.63, 3.8) is 0 Å². The SMILES string of the molecule is CCc1cc2c(s1)CCO[C@@]21CCN(Cc2cn(-c3cncc(O)c3)nn2)[C@@H](C)C1. The van der Waals surface area contributed by atoms with Gasteiger partial charge in [0.25, 0.3) is 0 Å². The van der Waals surface area contributed by atoms with E-state index < -0.39 is 0 Å². The Kier molecular flexibility index (Phi) is 5.08. The van der Waals surface area contributed by atoms with Gasteiger partial charge in [-0.1, -0.05) is 12.1 Å². The predicted octanol–water partition coefficient (Wildman–Crippen LogP) is 3.44. The van der Waals surface area contributed by atoms with Gasteiger partial charge in [0.1, 0.15) is 5.75 Å². The van der Waals surface area contributed by atoms with Crippen molar-refractivity contribution in [1.29, 1.82) is 0 Å². The van der Waals surface area contributed by atoms with Gasteiger partial charge < -0.3 is 9.84 Å². The minimum Gasteiger partial charge on any atom is -0.506 e. The number of nitrogens with zero attached hydrogens (tertiary/aromatic N) is 5. The standard InChI is InChI=1S/C22H27N5O2S/c1-3-19-9-20-21(30-19)4-7-29-22(20)5-6-26(15(2)10-22)13-16-14-27(25-24-16)17-8-18(28)12-23-11-17/h8-9,11-12,14-15,28H,3-7,10,13H2,1-2H3/t15-,22+/m0/s1. The van der Waals surface area contributed by atoms with Crippen molar-refractivity contribution in [2.45, 2.75) is 57.7 Å². The van der Waals surface area contributed by atoms with Gasteiger partial charge in [-0.3, -0.25) is 9.88 Å². The Hall–Kier alpha value is -2.29. The molecule has 1 spiro atoms. The van der Waals surface area contributed by atoms with Crippen LogP contribution in [0, 0.1) is 0 Å². The number of pyridine rings is 1. The number of thiophene rings is 1. The fourth-order valence-corrected chi connectivity index (χ4v) is 5.93. The van der Waals surface area contributed by atoms with Crippen molar-refractivity contribution >= 4 is 11.3 Å². The van der Waals surface area contributed by atoms with Gasteiger partial charge in [-0.15, -0.1) is 16.4 Å². The lowest BCUT2D eigenvalue weighted by molar-refractivity contribution is -0.112. The number of piperidine rings is 1. The zero-order valence-corrected chi connectivity index (χ0v) is 18.2. The smallest absolute Gasteiger partial charge is 0.136 e. The number of likely N-dealkylation sites (tertiary alicyclic amines) is 1. The second-order valence-corrected chi connectivity index (χ2v) is 9.55. The van der Waals surface area contributed by atoms with E-state index in [-0.39, 0.29) is 11.4 Å². The van der Waals surface area contributed by atoms with Gasteiger partial charge in [0.15, 0.2) is 0 Å². The van der Waals surface area contributed by atoms with Crippen LogP contribution in [0.1, 0.15) is 47.7 Å². The van der Waals surface area contributed by atoms with Gasteiger partial charge in [0, 0.05) is 41.4 Å². The Morgan fingerprint density at radius 2 is 2.23 bits per heavy atom. The summed E-state index contributed by atoms with van der Waals surface area (Å²) in [6.45, 7) is 7.07. The number of aryl methyl sites for hydroxylation is 1. The van der Waals surface area contributed by atoms with Gasteiger partial charge >= 0.3 is 0 Å². The average molecular weight is 426 g/mol. The summed E-state index contributed by atoms with van der Waals surface area (Å²) in [6.07, 6.45) is 9.14. The topological polar surface area (TPSA) is 76.3 Å². The predicted molar refractivity (Wildman–Crippen MR) is 115 cm³/mol. The van der Waals surface area contributed by atoms with E-state index in [4.69, 9.17) is 4.74 Å². The first-order valence-corrected chi connectivity index (χ1v) is 11.4. The van der Waals surface area contributed by atoms with Crippen molar-refractivity contribution in [3.8, 4) is 11.4 Å². The van der Waals surface area contributed by atoms with E-state index in [0.717, 1.165) is 51.1 Å². The maximum Gasteiger partial charge on any atom is 0.136 e. The van der Waals surface area contributed by atoms with Crippen LogP contribution < -0.4 is 0 Å². The maximum atomic E-state index is 9.64. The van der Waals surface area contributed by atoms with Gasteiger partial charge in [-0.25, -0.2) is 4.68 Å². The Morgan fingerprint density at radius 1 is 1.33 bits per heavy atom. The molecule has 0 unspecified atom stereocenters. The molecule has 1 saturated heterocycles.